The molecule has 2 aliphatic rings. The fourth-order valence-electron chi connectivity index (χ4n) is 3.14. The molecule has 2 amide bonds. The molecule has 1 N–H and O–H groups in total. The van der Waals surface area contributed by atoms with Gasteiger partial charge in [-0.05, 0) is 12.8 Å². The van der Waals surface area contributed by atoms with Crippen molar-refractivity contribution in [2.75, 3.05) is 45.8 Å². The molecule has 8 nitrogen and oxygen atoms in total. The molecule has 0 saturated carbocycles. The predicted molar refractivity (Wildman–Crippen MR) is 99.6 cm³/mol. The van der Waals surface area contributed by atoms with Gasteiger partial charge in [-0.3, -0.25) is 9.59 Å². The third kappa shape index (κ3) is 5.40. The summed E-state index contributed by atoms with van der Waals surface area (Å²) in [4.78, 5) is 25.8. The average Bonchev–Trinajstić information content (AvgIpc) is 2.88. The van der Waals surface area contributed by atoms with Crippen LogP contribution in [0.3, 0.4) is 0 Å². The van der Waals surface area contributed by atoms with E-state index in [0.29, 0.717) is 39.3 Å². The smallest absolute Gasteiger partial charge is 0.282 e. The van der Waals surface area contributed by atoms with Crippen molar-refractivity contribution in [3.8, 4) is 0 Å². The molecular weight excluding hydrogens is 356 g/mol. The molecule has 0 aromatic heterocycles. The Morgan fingerprint density at radius 1 is 0.846 bits per heavy atom. The van der Waals surface area contributed by atoms with Gasteiger partial charge in [-0.25, -0.2) is 0 Å². The van der Waals surface area contributed by atoms with Crippen molar-refractivity contribution in [2.24, 2.45) is 5.41 Å². The van der Waals surface area contributed by atoms with Gasteiger partial charge in [-0.15, -0.1) is 0 Å². The maximum Gasteiger partial charge on any atom is 0.282 e. The molecule has 0 spiro atoms. The van der Waals surface area contributed by atoms with Gasteiger partial charge in [0.25, 0.3) is 10.2 Å². The maximum atomic E-state index is 12.8. The minimum atomic E-state index is -3.44. The summed E-state index contributed by atoms with van der Waals surface area (Å²) in [5.74, 6) is -0.345. The molecule has 0 atom stereocenters. The summed E-state index contributed by atoms with van der Waals surface area (Å²) in [5.41, 5.74) is -0.541. The van der Waals surface area contributed by atoms with Gasteiger partial charge in [-0.1, -0.05) is 33.6 Å². The van der Waals surface area contributed by atoms with E-state index in [1.54, 1.807) is 30.0 Å². The summed E-state index contributed by atoms with van der Waals surface area (Å²) in [6, 6.07) is 0. The molecule has 9 heteroatoms. The predicted octanol–water partition coefficient (Wildman–Crippen LogP) is 0.414. The van der Waals surface area contributed by atoms with Gasteiger partial charge in [0.2, 0.25) is 11.8 Å². The fraction of sp³-hybridized carbons (Fsp3) is 0.882. The van der Waals surface area contributed by atoms with Gasteiger partial charge in [0, 0.05) is 44.7 Å². The Morgan fingerprint density at radius 2 is 1.35 bits per heavy atom. The van der Waals surface area contributed by atoms with Crippen LogP contribution in [0.2, 0.25) is 0 Å². The highest BCUT2D eigenvalue weighted by molar-refractivity contribution is 7.86. The van der Waals surface area contributed by atoms with E-state index in [0.717, 1.165) is 25.7 Å². The van der Waals surface area contributed by atoms with Crippen LogP contribution >= 0.6 is 0 Å². The zero-order chi connectivity index (χ0) is 19.4. The zero-order valence-electron chi connectivity index (χ0n) is 16.2. The highest BCUT2D eigenvalue weighted by Crippen LogP contribution is 2.18. The molecule has 0 aromatic rings. The number of carbonyl (C=O) groups excluding carboxylic acids is 2. The molecule has 0 radical (unpaired) electrons. The summed E-state index contributed by atoms with van der Waals surface area (Å²) in [7, 11) is -3.44. The van der Waals surface area contributed by atoms with Crippen molar-refractivity contribution in [2.45, 2.75) is 46.5 Å². The zero-order valence-corrected chi connectivity index (χ0v) is 17.0. The SMILES string of the molecule is CC(C)(C)C(=O)NCC(=O)N1CCN(S(=O)(=O)N2CCCCCC2)CC1. The molecule has 0 aliphatic carbocycles. The standard InChI is InChI=1S/C17H32N4O4S/c1-17(2,3)16(23)18-14-15(22)19-10-12-21(13-11-19)26(24,25)20-8-6-4-5-7-9-20/h4-14H2,1-3H3,(H,18,23). The Hall–Kier alpha value is -1.19. The van der Waals surface area contributed by atoms with Crippen LogP contribution in [-0.2, 0) is 19.8 Å². The molecule has 0 bridgehead atoms. The number of piperazine rings is 1. The summed E-state index contributed by atoms with van der Waals surface area (Å²) in [6.07, 6.45) is 3.97. The van der Waals surface area contributed by atoms with Crippen LogP contribution in [0.5, 0.6) is 0 Å². The van der Waals surface area contributed by atoms with Crippen LogP contribution < -0.4 is 5.32 Å². The van der Waals surface area contributed by atoms with Gasteiger partial charge >= 0.3 is 0 Å². The third-order valence-electron chi connectivity index (χ3n) is 4.89. The van der Waals surface area contributed by atoms with E-state index in [4.69, 9.17) is 0 Å². The number of nitrogens with one attached hydrogen (secondary N) is 1. The average molecular weight is 389 g/mol. The van der Waals surface area contributed by atoms with Crippen LogP contribution in [0.15, 0.2) is 0 Å². The quantitative estimate of drug-likeness (QED) is 0.755. The van der Waals surface area contributed by atoms with Crippen molar-refractivity contribution in [1.29, 1.82) is 0 Å². The van der Waals surface area contributed by atoms with Crippen LogP contribution in [0.1, 0.15) is 46.5 Å². The molecule has 2 fully saturated rings. The molecular formula is C17H32N4O4S. The highest BCUT2D eigenvalue weighted by atomic mass is 32.2. The van der Waals surface area contributed by atoms with Gasteiger partial charge in [-0.2, -0.15) is 17.0 Å². The number of amides is 2. The Labute approximate surface area is 157 Å². The van der Waals surface area contributed by atoms with E-state index in [-0.39, 0.29) is 18.4 Å². The minimum Gasteiger partial charge on any atom is -0.347 e. The van der Waals surface area contributed by atoms with E-state index in [9.17, 15) is 18.0 Å². The van der Waals surface area contributed by atoms with Crippen LogP contribution in [-0.4, -0.2) is 79.6 Å². The van der Waals surface area contributed by atoms with Gasteiger partial charge in [0.15, 0.2) is 0 Å². The Kier molecular flexibility index (Phi) is 7.04. The van der Waals surface area contributed by atoms with E-state index in [2.05, 4.69) is 5.32 Å². The first-order valence-electron chi connectivity index (χ1n) is 9.43. The third-order valence-corrected chi connectivity index (χ3v) is 6.93. The lowest BCUT2D eigenvalue weighted by Gasteiger charge is -2.36. The molecule has 2 heterocycles. The van der Waals surface area contributed by atoms with Gasteiger partial charge in [0.1, 0.15) is 0 Å². The van der Waals surface area contributed by atoms with Crippen molar-refractivity contribution >= 4 is 22.0 Å². The number of hydrogen-bond donors (Lipinski definition) is 1. The first kappa shape index (κ1) is 21.1. The lowest BCUT2D eigenvalue weighted by Crippen LogP contribution is -2.55. The van der Waals surface area contributed by atoms with Crippen molar-refractivity contribution in [3.05, 3.63) is 0 Å². The van der Waals surface area contributed by atoms with Crippen LogP contribution in [0.4, 0.5) is 0 Å². The van der Waals surface area contributed by atoms with Crippen molar-refractivity contribution in [3.63, 3.8) is 0 Å². The number of hydrogen-bond acceptors (Lipinski definition) is 4. The fourth-order valence-corrected chi connectivity index (χ4v) is 4.81. The first-order valence-corrected chi connectivity index (χ1v) is 10.8. The van der Waals surface area contributed by atoms with Crippen molar-refractivity contribution < 1.29 is 18.0 Å². The van der Waals surface area contributed by atoms with E-state index in [1.807, 2.05) is 0 Å². The van der Waals surface area contributed by atoms with Crippen LogP contribution in [0, 0.1) is 5.41 Å². The van der Waals surface area contributed by atoms with Crippen molar-refractivity contribution in [1.82, 2.24) is 18.8 Å². The molecule has 150 valence electrons. The summed E-state index contributed by atoms with van der Waals surface area (Å²) in [5, 5.41) is 2.65. The Morgan fingerprint density at radius 3 is 1.85 bits per heavy atom. The molecule has 26 heavy (non-hydrogen) atoms. The molecule has 2 rings (SSSR count). The molecule has 2 aliphatic heterocycles. The largest absolute Gasteiger partial charge is 0.347 e. The second kappa shape index (κ2) is 8.67. The summed E-state index contributed by atoms with van der Waals surface area (Å²) >= 11 is 0. The number of nitrogens with zero attached hydrogens (tertiary/aromatic N) is 3. The first-order chi connectivity index (χ1) is 12.1. The molecule has 0 aromatic carbocycles. The normalized spacial score (nSPS) is 21.3. The van der Waals surface area contributed by atoms with E-state index >= 15 is 0 Å². The maximum absolute atomic E-state index is 12.8. The lowest BCUT2D eigenvalue weighted by atomic mass is 9.96. The Bertz CT molecular complexity index is 599. The lowest BCUT2D eigenvalue weighted by molar-refractivity contribution is -0.136. The van der Waals surface area contributed by atoms with Crippen LogP contribution in [0.25, 0.3) is 0 Å². The Balaban J connectivity index is 1.84. The van der Waals surface area contributed by atoms with Gasteiger partial charge in [0.05, 0.1) is 6.54 Å². The second-order valence-corrected chi connectivity index (χ2v) is 9.96. The summed E-state index contributed by atoms with van der Waals surface area (Å²) in [6.45, 7) is 7.82. The highest BCUT2D eigenvalue weighted by Gasteiger charge is 2.33. The van der Waals surface area contributed by atoms with Gasteiger partial charge < -0.3 is 10.2 Å². The topological polar surface area (TPSA) is 90.0 Å². The number of carbonyl (C=O) groups is 2. The summed E-state index contributed by atoms with van der Waals surface area (Å²) < 4.78 is 28.6. The number of rotatable bonds is 4. The molecule has 2 saturated heterocycles. The molecule has 0 unspecified atom stereocenters. The van der Waals surface area contributed by atoms with E-state index < -0.39 is 15.6 Å². The van der Waals surface area contributed by atoms with E-state index in [1.165, 1.54) is 4.31 Å². The minimum absolute atomic E-state index is 0.0466. The monoisotopic (exact) mass is 388 g/mol. The second-order valence-electron chi connectivity index (χ2n) is 8.03.